The number of carbonyl (C=O) groups excluding carboxylic acids is 2. The molecular weight excluding hydrogens is 475 g/mol. The molecule has 1 atom stereocenters. The van der Waals surface area contributed by atoms with E-state index in [2.05, 4.69) is 19.4 Å². The Hall–Kier alpha value is -0.720. The SMILES string of the molecule is COC(=O)CCS(=O)c1ncc(Cl)s1.COC(=O)CCSc1ncc(Cl)s1. The van der Waals surface area contributed by atoms with E-state index in [4.69, 9.17) is 23.2 Å². The lowest BCUT2D eigenvalue weighted by atomic mass is 10.5. The summed E-state index contributed by atoms with van der Waals surface area (Å²) in [5.74, 6) is 0.323. The third-order valence-electron chi connectivity index (χ3n) is 2.59. The summed E-state index contributed by atoms with van der Waals surface area (Å²) in [5.41, 5.74) is 0. The maximum Gasteiger partial charge on any atom is 0.306 e. The van der Waals surface area contributed by atoms with Gasteiger partial charge in [0.1, 0.15) is 8.67 Å². The zero-order valence-corrected chi connectivity index (χ0v) is 19.1. The molecule has 7 nitrogen and oxygen atoms in total. The monoisotopic (exact) mass is 490 g/mol. The smallest absolute Gasteiger partial charge is 0.306 e. The molecule has 2 heterocycles. The van der Waals surface area contributed by atoms with Gasteiger partial charge in [0, 0.05) is 11.5 Å². The summed E-state index contributed by atoms with van der Waals surface area (Å²) in [6, 6.07) is 0. The lowest BCUT2D eigenvalue weighted by Gasteiger charge is -1.97. The Morgan fingerprint density at radius 3 is 2.19 bits per heavy atom. The average molecular weight is 491 g/mol. The number of halogens is 2. The highest BCUT2D eigenvalue weighted by molar-refractivity contribution is 8.01. The number of hydrogen-bond donors (Lipinski definition) is 0. The minimum atomic E-state index is -1.26. The maximum atomic E-state index is 11.5. The van der Waals surface area contributed by atoms with Crippen molar-refractivity contribution in [1.29, 1.82) is 0 Å². The molecular formula is C14H16Cl2N2O5S4. The summed E-state index contributed by atoms with van der Waals surface area (Å²) >= 11 is 15.4. The first-order valence-corrected chi connectivity index (χ1v) is 11.9. The predicted octanol–water partition coefficient (Wildman–Crippen LogP) is 3.92. The molecule has 0 aliphatic carbocycles. The van der Waals surface area contributed by atoms with Crippen LogP contribution in [0.25, 0.3) is 0 Å². The van der Waals surface area contributed by atoms with Crippen LogP contribution < -0.4 is 0 Å². The Labute approximate surface area is 181 Å². The first-order valence-electron chi connectivity index (χ1n) is 7.23. The van der Waals surface area contributed by atoms with Gasteiger partial charge in [-0.2, -0.15) is 0 Å². The van der Waals surface area contributed by atoms with Crippen molar-refractivity contribution in [3.8, 4) is 0 Å². The molecule has 0 radical (unpaired) electrons. The largest absolute Gasteiger partial charge is 0.469 e. The van der Waals surface area contributed by atoms with Gasteiger partial charge in [-0.1, -0.05) is 57.6 Å². The highest BCUT2D eigenvalue weighted by Gasteiger charge is 2.11. The van der Waals surface area contributed by atoms with Gasteiger partial charge in [-0.05, 0) is 0 Å². The molecule has 0 fully saturated rings. The Bertz CT molecular complexity index is 768. The molecule has 0 spiro atoms. The second-order valence-corrected chi connectivity index (χ2v) is 10.8. The number of aromatic nitrogens is 2. The molecule has 2 rings (SSSR count). The van der Waals surface area contributed by atoms with Crippen LogP contribution >= 0.6 is 57.6 Å². The molecule has 150 valence electrons. The fraction of sp³-hybridized carbons (Fsp3) is 0.429. The van der Waals surface area contributed by atoms with Crippen LogP contribution in [0.4, 0.5) is 0 Å². The normalized spacial score (nSPS) is 11.3. The molecule has 0 aromatic carbocycles. The second-order valence-electron chi connectivity index (χ2n) is 4.41. The van der Waals surface area contributed by atoms with Crippen molar-refractivity contribution in [2.75, 3.05) is 25.7 Å². The van der Waals surface area contributed by atoms with E-state index in [9.17, 15) is 13.8 Å². The quantitative estimate of drug-likeness (QED) is 0.405. The summed E-state index contributed by atoms with van der Waals surface area (Å²) in [6.45, 7) is 0. The molecule has 0 saturated heterocycles. The van der Waals surface area contributed by atoms with E-state index < -0.39 is 10.8 Å². The third kappa shape index (κ3) is 10.4. The Kier molecular flexibility index (Phi) is 12.1. The second kappa shape index (κ2) is 13.5. The van der Waals surface area contributed by atoms with Crippen molar-refractivity contribution in [1.82, 2.24) is 9.97 Å². The topological polar surface area (TPSA) is 95.5 Å². The fourth-order valence-corrected chi connectivity index (χ4v) is 5.82. The Morgan fingerprint density at radius 1 is 1.07 bits per heavy atom. The first-order chi connectivity index (χ1) is 12.8. The number of thioether (sulfide) groups is 1. The van der Waals surface area contributed by atoms with Gasteiger partial charge in [0.05, 0.1) is 50.3 Å². The van der Waals surface area contributed by atoms with Gasteiger partial charge in [0.25, 0.3) is 0 Å². The minimum Gasteiger partial charge on any atom is -0.469 e. The van der Waals surface area contributed by atoms with Crippen LogP contribution in [0.2, 0.25) is 8.67 Å². The van der Waals surface area contributed by atoms with Crippen LogP contribution in [0.15, 0.2) is 21.1 Å². The van der Waals surface area contributed by atoms with Gasteiger partial charge in [-0.25, -0.2) is 9.97 Å². The van der Waals surface area contributed by atoms with E-state index >= 15 is 0 Å². The number of nitrogens with zero attached hydrogens (tertiary/aromatic N) is 2. The number of rotatable bonds is 8. The molecule has 0 bridgehead atoms. The molecule has 2 aromatic heterocycles. The lowest BCUT2D eigenvalue weighted by molar-refractivity contribution is -0.141. The van der Waals surface area contributed by atoms with Crippen LogP contribution in [0.1, 0.15) is 12.8 Å². The van der Waals surface area contributed by atoms with Crippen molar-refractivity contribution in [3.05, 3.63) is 21.1 Å². The average Bonchev–Trinajstić information content (AvgIpc) is 3.28. The molecule has 0 aliphatic rings. The third-order valence-corrected chi connectivity index (χ3v) is 7.65. The fourth-order valence-electron chi connectivity index (χ4n) is 1.34. The van der Waals surface area contributed by atoms with Crippen molar-refractivity contribution < 1.29 is 23.3 Å². The highest BCUT2D eigenvalue weighted by Crippen LogP contribution is 2.27. The first kappa shape index (κ1) is 24.3. The van der Waals surface area contributed by atoms with Crippen LogP contribution in [-0.4, -0.2) is 51.8 Å². The van der Waals surface area contributed by atoms with Crippen LogP contribution in [0.5, 0.6) is 0 Å². The summed E-state index contributed by atoms with van der Waals surface area (Å²) in [7, 11) is 1.42. The zero-order chi connectivity index (χ0) is 20.2. The van der Waals surface area contributed by atoms with Gasteiger partial charge in [0.2, 0.25) is 0 Å². The molecule has 0 N–H and O–H groups in total. The zero-order valence-electron chi connectivity index (χ0n) is 14.3. The van der Waals surface area contributed by atoms with Crippen LogP contribution in [0, 0.1) is 0 Å². The number of thiazole rings is 2. The Morgan fingerprint density at radius 2 is 1.67 bits per heavy atom. The molecule has 27 heavy (non-hydrogen) atoms. The molecule has 0 saturated carbocycles. The molecule has 2 aromatic rings. The van der Waals surface area contributed by atoms with Gasteiger partial charge < -0.3 is 9.47 Å². The van der Waals surface area contributed by atoms with Gasteiger partial charge in [-0.15, -0.1) is 0 Å². The lowest BCUT2D eigenvalue weighted by Crippen LogP contribution is -2.07. The van der Waals surface area contributed by atoms with Crippen molar-refractivity contribution >= 4 is 80.4 Å². The van der Waals surface area contributed by atoms with Gasteiger partial charge >= 0.3 is 11.9 Å². The minimum absolute atomic E-state index is 0.125. The molecule has 1 unspecified atom stereocenters. The number of ether oxygens (including phenoxy) is 2. The summed E-state index contributed by atoms with van der Waals surface area (Å²) in [4.78, 5) is 29.4. The van der Waals surface area contributed by atoms with Crippen molar-refractivity contribution in [2.45, 2.75) is 21.5 Å². The number of hydrogen-bond acceptors (Lipinski definition) is 10. The van der Waals surface area contributed by atoms with E-state index in [1.165, 1.54) is 43.5 Å². The number of carbonyl (C=O) groups is 2. The maximum absolute atomic E-state index is 11.5. The van der Waals surface area contributed by atoms with E-state index in [1.54, 1.807) is 6.20 Å². The molecule has 0 amide bonds. The van der Waals surface area contributed by atoms with E-state index in [0.29, 0.717) is 25.2 Å². The van der Waals surface area contributed by atoms with E-state index in [-0.39, 0.29) is 24.1 Å². The molecule has 13 heteroatoms. The molecule has 0 aliphatic heterocycles. The van der Waals surface area contributed by atoms with Crippen molar-refractivity contribution in [3.63, 3.8) is 0 Å². The van der Waals surface area contributed by atoms with E-state index in [0.717, 1.165) is 15.7 Å². The number of esters is 2. The van der Waals surface area contributed by atoms with E-state index in [1.807, 2.05) is 0 Å². The predicted molar refractivity (Wildman–Crippen MR) is 110 cm³/mol. The number of methoxy groups -OCH3 is 2. The van der Waals surface area contributed by atoms with Gasteiger partial charge in [-0.3, -0.25) is 13.8 Å². The highest BCUT2D eigenvalue weighted by atomic mass is 35.5. The summed E-state index contributed by atoms with van der Waals surface area (Å²) < 4.78 is 22.9. The standard InChI is InChI=1S/C7H8ClNO3S2.C7H8ClNO2S2/c1-12-6(10)2-3-14(11)7-9-4-5(8)13-7;1-11-6(10)2-3-12-7-9-4-5(8)13-7/h4H,2-3H2,1H3;4H,2-3H2,1H3. The summed E-state index contributed by atoms with van der Waals surface area (Å²) in [5, 5.41) is 0. The summed E-state index contributed by atoms with van der Waals surface area (Å²) in [6.07, 6.45) is 3.57. The van der Waals surface area contributed by atoms with Gasteiger partial charge in [0.15, 0.2) is 8.68 Å². The van der Waals surface area contributed by atoms with Crippen molar-refractivity contribution in [2.24, 2.45) is 0 Å². The van der Waals surface area contributed by atoms with Crippen LogP contribution in [0.3, 0.4) is 0 Å². The van der Waals surface area contributed by atoms with Crippen LogP contribution in [-0.2, 0) is 29.9 Å². The Balaban J connectivity index is 0.000000271.